The van der Waals surface area contributed by atoms with Crippen molar-refractivity contribution in [3.05, 3.63) is 101 Å². The first kappa shape index (κ1) is 63.7. The highest BCUT2D eigenvalue weighted by molar-refractivity contribution is 6.25. The second-order valence-corrected chi connectivity index (χ2v) is 18.6. The number of hydrogen-bond acceptors (Lipinski definition) is 14. The van der Waals surface area contributed by atoms with Gasteiger partial charge in [0.25, 0.3) is 17.7 Å². The number of carbonyl (C=O) groups excluding carboxylic acids is 6. The van der Waals surface area contributed by atoms with E-state index in [0.717, 1.165) is 93.4 Å². The number of aryl methyl sites for hydroxylation is 3. The van der Waals surface area contributed by atoms with Crippen LogP contribution in [-0.4, -0.2) is 131 Å². The third kappa shape index (κ3) is 19.0. The van der Waals surface area contributed by atoms with Crippen molar-refractivity contribution in [3.63, 3.8) is 0 Å². The lowest BCUT2D eigenvalue weighted by Crippen LogP contribution is -2.54. The van der Waals surface area contributed by atoms with E-state index in [2.05, 4.69) is 28.9 Å². The number of fused-ring (bicyclic) bond motifs is 1. The zero-order chi connectivity index (χ0) is 57.7. The fourth-order valence-electron chi connectivity index (χ4n) is 9.24. The van der Waals surface area contributed by atoms with Gasteiger partial charge in [-0.2, -0.15) is 0 Å². The molecule has 0 radical (unpaired) electrons. The summed E-state index contributed by atoms with van der Waals surface area (Å²) in [5.74, 6) is 1.12. The number of likely N-dealkylation sites (tertiary alicyclic amines) is 1. The van der Waals surface area contributed by atoms with Gasteiger partial charge in [0.1, 0.15) is 17.8 Å². The molecule has 430 valence electrons. The van der Waals surface area contributed by atoms with E-state index in [0.29, 0.717) is 61.2 Å². The predicted octanol–water partition coefficient (Wildman–Crippen LogP) is 8.61. The van der Waals surface area contributed by atoms with Crippen LogP contribution in [0.4, 0.5) is 5.69 Å². The van der Waals surface area contributed by atoms with Gasteiger partial charge < -0.3 is 49.1 Å². The maximum atomic E-state index is 13.2. The summed E-state index contributed by atoms with van der Waals surface area (Å²) in [5.41, 5.74) is 4.69. The van der Waals surface area contributed by atoms with Crippen LogP contribution in [0.1, 0.15) is 135 Å². The number of benzene rings is 4. The summed E-state index contributed by atoms with van der Waals surface area (Å²) >= 11 is 0. The Morgan fingerprint density at radius 2 is 1.32 bits per heavy atom. The van der Waals surface area contributed by atoms with Crippen molar-refractivity contribution in [2.45, 2.75) is 129 Å². The number of imide groups is 2. The largest absolute Gasteiger partial charge is 0.493 e. The Hall–Kier alpha value is -7.83. The summed E-state index contributed by atoms with van der Waals surface area (Å²) in [5, 5.41) is 17.1. The van der Waals surface area contributed by atoms with E-state index in [-0.39, 0.29) is 36.5 Å². The summed E-state index contributed by atoms with van der Waals surface area (Å²) in [6.45, 7) is 7.88. The van der Waals surface area contributed by atoms with Crippen LogP contribution in [0.15, 0.2) is 72.8 Å². The molecule has 2 unspecified atom stereocenters. The lowest BCUT2D eigenvalue weighted by Gasteiger charge is -2.29. The number of carboxylic acids is 1. The summed E-state index contributed by atoms with van der Waals surface area (Å²) in [6, 6.07) is 21.3. The predicted molar refractivity (Wildman–Crippen MR) is 301 cm³/mol. The molecular weight excluding hydrogens is 1010 g/mol. The molecule has 0 bridgehead atoms. The second kappa shape index (κ2) is 34.1. The monoisotopic (exact) mass is 1100 g/mol. The number of nitrogens with zero attached hydrogens (tertiary/aromatic N) is 2. The minimum atomic E-state index is -0.984. The SMILES string of the molecule is CC.CCc1cc(OC)c(OC)c(OC)c1.COc1ccc(CCCc2ccc(OCC(=O)NCCCCCCCCNc3cccc4c3C(=O)N(C3CCC(=O)NC3=O)C4=O)cc2)cc1OC.O=CN1CCCCC1C(=O)O. The summed E-state index contributed by atoms with van der Waals surface area (Å²) in [4.78, 5) is 85.6. The van der Waals surface area contributed by atoms with Crippen LogP contribution in [0.25, 0.3) is 0 Å². The zero-order valence-electron chi connectivity index (χ0n) is 47.2. The molecular formula is C60H81N5O14. The van der Waals surface area contributed by atoms with Gasteiger partial charge >= 0.3 is 5.97 Å². The Morgan fingerprint density at radius 1 is 0.696 bits per heavy atom. The Morgan fingerprint density at radius 3 is 1.91 bits per heavy atom. The topological polar surface area (TPSA) is 238 Å². The Labute approximate surface area is 465 Å². The van der Waals surface area contributed by atoms with Gasteiger partial charge in [0.15, 0.2) is 29.6 Å². The van der Waals surface area contributed by atoms with Gasteiger partial charge in [-0.25, -0.2) is 4.79 Å². The van der Waals surface area contributed by atoms with Crippen molar-refractivity contribution in [2.75, 3.05) is 67.1 Å². The number of aliphatic carboxylic acids is 1. The fraction of sp³-hybridized carbons (Fsp3) is 0.483. The Balaban J connectivity index is 0.000000404. The molecule has 3 aliphatic rings. The highest BCUT2D eigenvalue weighted by Crippen LogP contribution is 2.38. The van der Waals surface area contributed by atoms with E-state index in [9.17, 15) is 33.6 Å². The molecule has 2 saturated heterocycles. The summed E-state index contributed by atoms with van der Waals surface area (Å²) in [7, 11) is 8.12. The second-order valence-electron chi connectivity index (χ2n) is 18.6. The van der Waals surface area contributed by atoms with E-state index in [1.807, 2.05) is 62.4 Å². The lowest BCUT2D eigenvalue weighted by molar-refractivity contribution is -0.147. The van der Waals surface area contributed by atoms with Crippen LogP contribution < -0.4 is 44.4 Å². The molecule has 0 aromatic heterocycles. The van der Waals surface area contributed by atoms with E-state index < -0.39 is 41.7 Å². The van der Waals surface area contributed by atoms with Crippen LogP contribution in [0.5, 0.6) is 34.5 Å². The van der Waals surface area contributed by atoms with Gasteiger partial charge in [0, 0.05) is 31.7 Å². The van der Waals surface area contributed by atoms with Gasteiger partial charge in [0.05, 0.1) is 46.7 Å². The van der Waals surface area contributed by atoms with Crippen molar-refractivity contribution in [1.82, 2.24) is 20.4 Å². The normalized spacial score (nSPS) is 15.3. The zero-order valence-corrected chi connectivity index (χ0v) is 47.2. The van der Waals surface area contributed by atoms with Gasteiger partial charge in [-0.3, -0.25) is 39.0 Å². The number of hydrogen-bond donors (Lipinski definition) is 4. The standard InChI is InChI=1S/C40H48N4O8.C11H16O3.C7H11NO3.C2H6/c1-50-33-21-17-28(25-34(33)51-2)12-9-11-27-15-18-29(19-16-27)52-26-36(46)42-24-8-6-4-3-5-7-23-41-31-14-10-13-30-37(31)40(49)44(39(30)48)32-20-22-35(45)43-38(32)47;1-5-8-6-9(12-2)11(14-4)10(7-8)13-3;9-5-8-4-2-1-3-6(8)7(10)11;1-2/h10,13-19,21,25,32,41H,3-9,11-12,20,22-24,26H2,1-2H3,(H,42,46)(H,43,45,47);6-7H,5H2,1-4H3;5-6H,1-4H2,(H,10,11);1-2H3. The molecule has 0 spiro atoms. The number of piperidine rings is 2. The van der Waals surface area contributed by atoms with Crippen molar-refractivity contribution in [2.24, 2.45) is 0 Å². The molecule has 6 amide bonds. The van der Waals surface area contributed by atoms with Crippen molar-refractivity contribution < 1.29 is 67.1 Å². The first-order valence-electron chi connectivity index (χ1n) is 27.3. The van der Waals surface area contributed by atoms with Gasteiger partial charge in [0.2, 0.25) is 24.0 Å². The van der Waals surface area contributed by atoms with Crippen molar-refractivity contribution >= 4 is 47.6 Å². The summed E-state index contributed by atoms with van der Waals surface area (Å²) < 4.78 is 32.0. The quantitative estimate of drug-likeness (QED) is 0.0262. The van der Waals surface area contributed by atoms with Crippen LogP contribution in [0.2, 0.25) is 0 Å². The molecule has 0 aliphatic carbocycles. The third-order valence-corrected chi connectivity index (χ3v) is 13.5. The third-order valence-electron chi connectivity index (χ3n) is 13.5. The number of rotatable bonds is 26. The van der Waals surface area contributed by atoms with E-state index in [1.54, 1.807) is 53.7 Å². The number of carboxylic acid groups (broad SMARTS) is 1. The molecule has 3 aliphatic heterocycles. The molecule has 4 aromatic carbocycles. The maximum Gasteiger partial charge on any atom is 0.326 e. The smallest absolute Gasteiger partial charge is 0.326 e. The van der Waals surface area contributed by atoms with Gasteiger partial charge in [-0.15, -0.1) is 0 Å². The number of nitrogens with one attached hydrogen (secondary N) is 3. The molecule has 4 aromatic rings. The van der Waals surface area contributed by atoms with Gasteiger partial charge in [-0.1, -0.05) is 70.7 Å². The highest BCUT2D eigenvalue weighted by Gasteiger charge is 2.45. The minimum Gasteiger partial charge on any atom is -0.493 e. The lowest BCUT2D eigenvalue weighted by atomic mass is 10.0. The number of unbranched alkanes of at least 4 members (excludes halogenated alkanes) is 5. The highest BCUT2D eigenvalue weighted by atomic mass is 16.5. The Kier molecular flexibility index (Phi) is 27.5. The molecule has 7 rings (SSSR count). The van der Waals surface area contributed by atoms with E-state index in [1.165, 1.54) is 21.6 Å². The molecule has 19 nitrogen and oxygen atoms in total. The maximum absolute atomic E-state index is 13.2. The van der Waals surface area contributed by atoms with Gasteiger partial charge in [-0.05, 0) is 129 Å². The first-order valence-corrected chi connectivity index (χ1v) is 27.3. The summed E-state index contributed by atoms with van der Waals surface area (Å²) in [6.07, 6.45) is 12.9. The Bertz CT molecular complexity index is 2600. The number of carbonyl (C=O) groups is 7. The average molecular weight is 1100 g/mol. The molecule has 2 atom stereocenters. The molecule has 0 saturated carbocycles. The molecule has 2 fully saturated rings. The molecule has 4 N–H and O–H groups in total. The van der Waals surface area contributed by atoms with Crippen molar-refractivity contribution in [3.8, 4) is 34.5 Å². The van der Waals surface area contributed by atoms with E-state index >= 15 is 0 Å². The minimum absolute atomic E-state index is 0.0228. The van der Waals surface area contributed by atoms with Crippen LogP contribution >= 0.6 is 0 Å². The van der Waals surface area contributed by atoms with Crippen molar-refractivity contribution in [1.29, 1.82) is 0 Å². The number of anilines is 1. The fourth-order valence-corrected chi connectivity index (χ4v) is 9.24. The van der Waals surface area contributed by atoms with Crippen LogP contribution in [0, 0.1) is 0 Å². The molecule has 3 heterocycles. The number of amides is 6. The first-order chi connectivity index (χ1) is 38.3. The van der Waals surface area contributed by atoms with Crippen LogP contribution in [-0.2, 0) is 43.2 Å². The molecule has 79 heavy (non-hydrogen) atoms. The average Bonchev–Trinajstić information content (AvgIpc) is 3.94. The number of methoxy groups -OCH3 is 5. The van der Waals surface area contributed by atoms with E-state index in [4.69, 9.17) is 33.5 Å². The van der Waals surface area contributed by atoms with Crippen LogP contribution in [0.3, 0.4) is 0 Å². The molecule has 19 heteroatoms. The number of ether oxygens (including phenoxy) is 6.